The summed E-state index contributed by atoms with van der Waals surface area (Å²) in [6.45, 7) is 2.78. The number of hydrogen-bond donors (Lipinski definition) is 0. The van der Waals surface area contributed by atoms with Crippen molar-refractivity contribution in [3.05, 3.63) is 28.5 Å². The molecule has 2 heterocycles. The first-order valence-corrected chi connectivity index (χ1v) is 4.47. The maximum atomic E-state index is 4.15. The van der Waals surface area contributed by atoms with Crippen LogP contribution in [0.25, 0.3) is 0 Å². The maximum Gasteiger partial charge on any atom is 0.0798 e. The molecule has 4 nitrogen and oxygen atoms in total. The summed E-state index contributed by atoms with van der Waals surface area (Å²) in [5.74, 6) is 0. The highest BCUT2D eigenvalue weighted by atomic mass is 32.1. The van der Waals surface area contributed by atoms with Crippen molar-refractivity contribution in [2.75, 3.05) is 0 Å². The van der Waals surface area contributed by atoms with E-state index in [-0.39, 0.29) is 0 Å². The fraction of sp³-hybridized carbons (Fsp3) is 0.286. The first-order chi connectivity index (χ1) is 5.86. The van der Waals surface area contributed by atoms with Gasteiger partial charge < -0.3 is 0 Å². The Morgan fingerprint density at radius 2 is 2.50 bits per heavy atom. The summed E-state index contributed by atoms with van der Waals surface area (Å²) in [5, 5.41) is 7.61. The highest BCUT2D eigenvalue weighted by Gasteiger charge is 2.01. The molecule has 0 radical (unpaired) electrons. The number of nitrogens with zero attached hydrogens (tertiary/aromatic N) is 4. The van der Waals surface area contributed by atoms with E-state index < -0.39 is 0 Å². The van der Waals surface area contributed by atoms with E-state index in [1.807, 2.05) is 18.6 Å². The topological polar surface area (TPSA) is 43.6 Å². The van der Waals surface area contributed by atoms with Gasteiger partial charge in [0, 0.05) is 11.1 Å². The molecule has 0 aliphatic carbocycles. The molecule has 0 atom stereocenters. The summed E-state index contributed by atoms with van der Waals surface area (Å²) in [6, 6.07) is 0. The molecule has 0 spiro atoms. The van der Waals surface area contributed by atoms with Crippen molar-refractivity contribution in [2.45, 2.75) is 13.5 Å². The molecule has 0 aliphatic rings. The van der Waals surface area contributed by atoms with Gasteiger partial charge in [0.25, 0.3) is 0 Å². The number of aryl methyl sites for hydroxylation is 1. The van der Waals surface area contributed by atoms with Gasteiger partial charge in [0.2, 0.25) is 0 Å². The second-order valence-electron chi connectivity index (χ2n) is 2.46. The fourth-order valence-corrected chi connectivity index (χ4v) is 1.71. The van der Waals surface area contributed by atoms with Gasteiger partial charge in [-0.25, -0.2) is 9.67 Å². The van der Waals surface area contributed by atoms with E-state index in [1.165, 1.54) is 4.88 Å². The number of hydrogen-bond acceptors (Lipinski definition) is 4. The zero-order chi connectivity index (χ0) is 8.39. The summed E-state index contributed by atoms with van der Waals surface area (Å²) in [5.41, 5.74) is 2.93. The van der Waals surface area contributed by atoms with Gasteiger partial charge in [-0.3, -0.25) is 0 Å². The second-order valence-corrected chi connectivity index (χ2v) is 3.40. The molecular formula is C7H8N4S. The van der Waals surface area contributed by atoms with E-state index in [9.17, 15) is 0 Å². The highest BCUT2D eigenvalue weighted by molar-refractivity contribution is 7.09. The van der Waals surface area contributed by atoms with Gasteiger partial charge in [-0.2, -0.15) is 0 Å². The van der Waals surface area contributed by atoms with Crippen LogP contribution in [0.1, 0.15) is 10.6 Å². The van der Waals surface area contributed by atoms with Crippen molar-refractivity contribution in [3.8, 4) is 0 Å². The van der Waals surface area contributed by atoms with Crippen molar-refractivity contribution in [2.24, 2.45) is 0 Å². The van der Waals surface area contributed by atoms with E-state index >= 15 is 0 Å². The lowest BCUT2D eigenvalue weighted by molar-refractivity contribution is 0.653. The Labute approximate surface area is 73.9 Å². The minimum atomic E-state index is 0.774. The summed E-state index contributed by atoms with van der Waals surface area (Å²) >= 11 is 1.65. The minimum Gasteiger partial charge on any atom is -0.250 e. The van der Waals surface area contributed by atoms with Crippen LogP contribution in [0.3, 0.4) is 0 Å². The molecule has 0 unspecified atom stereocenters. The van der Waals surface area contributed by atoms with Crippen LogP contribution >= 0.6 is 11.3 Å². The van der Waals surface area contributed by atoms with Gasteiger partial charge in [0.1, 0.15) is 0 Å². The van der Waals surface area contributed by atoms with Crippen molar-refractivity contribution in [3.63, 3.8) is 0 Å². The molecule has 2 aromatic rings. The lowest BCUT2D eigenvalue weighted by Gasteiger charge is -1.96. The van der Waals surface area contributed by atoms with Gasteiger partial charge in [-0.1, -0.05) is 5.21 Å². The molecular weight excluding hydrogens is 172 g/mol. The first kappa shape index (κ1) is 7.42. The van der Waals surface area contributed by atoms with E-state index in [0.29, 0.717) is 0 Å². The van der Waals surface area contributed by atoms with Gasteiger partial charge in [-0.05, 0) is 6.92 Å². The summed E-state index contributed by atoms with van der Waals surface area (Å²) in [6.07, 6.45) is 3.52. The van der Waals surface area contributed by atoms with Crippen LogP contribution in [0, 0.1) is 6.92 Å². The maximum absolute atomic E-state index is 4.15. The second kappa shape index (κ2) is 3.02. The summed E-state index contributed by atoms with van der Waals surface area (Å²) in [7, 11) is 0. The van der Waals surface area contributed by atoms with Crippen LogP contribution in [-0.2, 0) is 6.54 Å². The van der Waals surface area contributed by atoms with Crippen LogP contribution in [0.5, 0.6) is 0 Å². The Balaban J connectivity index is 2.20. The Bertz CT molecular complexity index is 351. The zero-order valence-corrected chi connectivity index (χ0v) is 7.45. The van der Waals surface area contributed by atoms with Crippen molar-refractivity contribution in [1.29, 1.82) is 0 Å². The molecule has 0 aliphatic heterocycles. The zero-order valence-electron chi connectivity index (χ0n) is 6.64. The third kappa shape index (κ3) is 1.35. The van der Waals surface area contributed by atoms with Crippen LogP contribution in [0.2, 0.25) is 0 Å². The van der Waals surface area contributed by atoms with Crippen molar-refractivity contribution < 1.29 is 0 Å². The van der Waals surface area contributed by atoms with E-state index in [2.05, 4.69) is 15.3 Å². The monoisotopic (exact) mass is 180 g/mol. The fourth-order valence-electron chi connectivity index (χ4n) is 0.942. The van der Waals surface area contributed by atoms with Crippen molar-refractivity contribution in [1.82, 2.24) is 20.0 Å². The quantitative estimate of drug-likeness (QED) is 0.695. The molecule has 2 rings (SSSR count). The molecule has 12 heavy (non-hydrogen) atoms. The molecule has 0 aromatic carbocycles. The molecule has 0 saturated carbocycles. The van der Waals surface area contributed by atoms with Gasteiger partial charge in [-0.15, -0.1) is 16.4 Å². The predicted octanol–water partition coefficient (Wildman–Crippen LogP) is 1.09. The predicted molar refractivity (Wildman–Crippen MR) is 46.0 cm³/mol. The third-order valence-corrected chi connectivity index (χ3v) is 2.54. The third-order valence-electron chi connectivity index (χ3n) is 1.62. The Kier molecular flexibility index (Phi) is 1.87. The van der Waals surface area contributed by atoms with Crippen molar-refractivity contribution >= 4 is 11.3 Å². The van der Waals surface area contributed by atoms with Gasteiger partial charge in [0.15, 0.2) is 0 Å². The van der Waals surface area contributed by atoms with Crippen LogP contribution in [0.4, 0.5) is 0 Å². The molecule has 5 heteroatoms. The molecule has 0 saturated heterocycles. The summed E-state index contributed by atoms with van der Waals surface area (Å²) in [4.78, 5) is 5.39. The minimum absolute atomic E-state index is 0.774. The largest absolute Gasteiger partial charge is 0.250 e. The average molecular weight is 180 g/mol. The Morgan fingerprint density at radius 3 is 3.08 bits per heavy atom. The molecule has 2 aromatic heterocycles. The first-order valence-electron chi connectivity index (χ1n) is 3.59. The van der Waals surface area contributed by atoms with Crippen LogP contribution in [0.15, 0.2) is 17.9 Å². The number of rotatable bonds is 2. The smallest absolute Gasteiger partial charge is 0.0798 e. The molecule has 0 N–H and O–H groups in total. The SMILES string of the molecule is Cc1ncsc1Cn1ccnn1. The van der Waals surface area contributed by atoms with Crippen LogP contribution < -0.4 is 0 Å². The molecule has 62 valence electrons. The lowest BCUT2D eigenvalue weighted by Crippen LogP contribution is -1.99. The molecule has 0 fully saturated rings. The molecule has 0 amide bonds. The number of aromatic nitrogens is 4. The number of thiazole rings is 1. The standard InChI is InChI=1S/C7H8N4S/c1-6-7(12-5-8-6)4-11-3-2-9-10-11/h2-3,5H,4H2,1H3. The summed E-state index contributed by atoms with van der Waals surface area (Å²) < 4.78 is 1.79. The lowest BCUT2D eigenvalue weighted by atomic mass is 10.4. The average Bonchev–Trinajstić information content (AvgIpc) is 2.65. The van der Waals surface area contributed by atoms with E-state index in [1.54, 1.807) is 22.2 Å². The van der Waals surface area contributed by atoms with E-state index in [0.717, 1.165) is 12.2 Å². The normalized spacial score (nSPS) is 10.4. The van der Waals surface area contributed by atoms with Gasteiger partial charge in [0.05, 0.1) is 23.9 Å². The Morgan fingerprint density at radius 1 is 1.58 bits per heavy atom. The van der Waals surface area contributed by atoms with Crippen LogP contribution in [-0.4, -0.2) is 20.0 Å². The molecule has 0 bridgehead atoms. The Hall–Kier alpha value is -1.23. The van der Waals surface area contributed by atoms with Gasteiger partial charge >= 0.3 is 0 Å². The van der Waals surface area contributed by atoms with E-state index in [4.69, 9.17) is 0 Å². The highest BCUT2D eigenvalue weighted by Crippen LogP contribution is 2.12.